The van der Waals surface area contributed by atoms with Crippen LogP contribution in [0.4, 0.5) is 0 Å². The number of halogens is 1. The van der Waals surface area contributed by atoms with E-state index in [2.05, 4.69) is 72.8 Å². The third kappa shape index (κ3) is 3.33. The molecule has 1 aromatic heterocycles. The second-order valence-electron chi connectivity index (χ2n) is 6.66. The lowest BCUT2D eigenvalue weighted by Gasteiger charge is -2.08. The minimum Gasteiger partial charge on any atom is -0.236 e. The van der Waals surface area contributed by atoms with Gasteiger partial charge in [-0.25, -0.2) is 4.98 Å². The first-order valence-electron chi connectivity index (χ1n) is 9.09. The molecule has 0 spiro atoms. The molecule has 0 bridgehead atoms. The van der Waals surface area contributed by atoms with E-state index in [0.29, 0.717) is 0 Å². The minimum absolute atomic E-state index is 0.751. The van der Waals surface area contributed by atoms with Gasteiger partial charge >= 0.3 is 0 Å². The third-order valence-corrected chi connectivity index (χ3v) is 6.08. The summed E-state index contributed by atoms with van der Waals surface area (Å²) in [6.07, 6.45) is 0. The van der Waals surface area contributed by atoms with Crippen LogP contribution in [0, 0.1) is 0 Å². The Hall–Kier alpha value is -2.94. The normalized spacial score (nSPS) is 11.0. The molecule has 0 amide bonds. The summed E-state index contributed by atoms with van der Waals surface area (Å²) >= 11 is 7.90. The lowest BCUT2D eigenvalue weighted by molar-refractivity contribution is 1.47. The van der Waals surface area contributed by atoms with Crippen LogP contribution in [0.15, 0.2) is 97.1 Å². The molecule has 5 aromatic rings. The molecule has 0 unspecified atom stereocenters. The SMILES string of the molecule is Clc1cccc(-c2cccc(-c3cccc(-c4nc5ccccc5s4)c3)c2)c1. The molecular formula is C25H16ClNS. The van der Waals surface area contributed by atoms with Crippen LogP contribution in [0.3, 0.4) is 0 Å². The highest BCUT2D eigenvalue weighted by Crippen LogP contribution is 2.33. The van der Waals surface area contributed by atoms with Gasteiger partial charge in [0.1, 0.15) is 5.01 Å². The van der Waals surface area contributed by atoms with Crippen molar-refractivity contribution in [3.63, 3.8) is 0 Å². The molecule has 0 saturated heterocycles. The van der Waals surface area contributed by atoms with E-state index < -0.39 is 0 Å². The molecule has 0 atom stereocenters. The zero-order valence-corrected chi connectivity index (χ0v) is 16.5. The number of aromatic nitrogens is 1. The largest absolute Gasteiger partial charge is 0.236 e. The highest BCUT2D eigenvalue weighted by molar-refractivity contribution is 7.21. The van der Waals surface area contributed by atoms with Crippen molar-refractivity contribution in [1.82, 2.24) is 4.98 Å². The molecule has 4 aromatic carbocycles. The van der Waals surface area contributed by atoms with Gasteiger partial charge in [0.15, 0.2) is 0 Å². The monoisotopic (exact) mass is 397 g/mol. The number of thiazole rings is 1. The summed E-state index contributed by atoms with van der Waals surface area (Å²) < 4.78 is 1.21. The maximum atomic E-state index is 6.17. The highest BCUT2D eigenvalue weighted by atomic mass is 35.5. The molecule has 0 N–H and O–H groups in total. The van der Waals surface area contributed by atoms with E-state index in [1.807, 2.05) is 24.3 Å². The Morgan fingerprint density at radius 1 is 0.571 bits per heavy atom. The van der Waals surface area contributed by atoms with Gasteiger partial charge in [0, 0.05) is 10.6 Å². The Morgan fingerprint density at radius 3 is 1.82 bits per heavy atom. The summed E-state index contributed by atoms with van der Waals surface area (Å²) in [6.45, 7) is 0. The predicted octanol–water partition coefficient (Wildman–Crippen LogP) is 7.95. The lowest BCUT2D eigenvalue weighted by atomic mass is 9.98. The second kappa shape index (κ2) is 7.23. The van der Waals surface area contributed by atoms with Gasteiger partial charge in [0.2, 0.25) is 0 Å². The molecule has 0 saturated carbocycles. The summed E-state index contributed by atoms with van der Waals surface area (Å²) in [5.41, 5.74) is 6.84. The Kier molecular flexibility index (Phi) is 4.44. The van der Waals surface area contributed by atoms with Gasteiger partial charge in [-0.05, 0) is 58.7 Å². The number of hydrogen-bond donors (Lipinski definition) is 0. The van der Waals surface area contributed by atoms with Gasteiger partial charge < -0.3 is 0 Å². The minimum atomic E-state index is 0.751. The first kappa shape index (κ1) is 17.2. The molecule has 0 fully saturated rings. The number of rotatable bonds is 3. The number of para-hydroxylation sites is 1. The number of hydrogen-bond acceptors (Lipinski definition) is 2. The molecule has 3 heteroatoms. The van der Waals surface area contributed by atoms with Gasteiger partial charge in [0.05, 0.1) is 10.2 Å². The van der Waals surface area contributed by atoms with Crippen LogP contribution in [-0.2, 0) is 0 Å². The van der Waals surface area contributed by atoms with E-state index in [1.165, 1.54) is 15.8 Å². The Balaban J connectivity index is 1.55. The van der Waals surface area contributed by atoms with E-state index >= 15 is 0 Å². The maximum Gasteiger partial charge on any atom is 0.124 e. The van der Waals surface area contributed by atoms with Crippen LogP contribution in [-0.4, -0.2) is 4.98 Å². The molecule has 0 aliphatic carbocycles. The summed E-state index contributed by atoms with van der Waals surface area (Å²) in [7, 11) is 0. The van der Waals surface area contributed by atoms with E-state index in [4.69, 9.17) is 16.6 Å². The zero-order chi connectivity index (χ0) is 18.9. The molecule has 0 aliphatic heterocycles. The lowest BCUT2D eigenvalue weighted by Crippen LogP contribution is -1.83. The van der Waals surface area contributed by atoms with Crippen molar-refractivity contribution in [1.29, 1.82) is 0 Å². The quantitative estimate of drug-likeness (QED) is 0.301. The molecule has 28 heavy (non-hydrogen) atoms. The Morgan fingerprint density at radius 2 is 1.14 bits per heavy atom. The van der Waals surface area contributed by atoms with Crippen LogP contribution >= 0.6 is 22.9 Å². The number of fused-ring (bicyclic) bond motifs is 1. The van der Waals surface area contributed by atoms with Crippen molar-refractivity contribution in [2.24, 2.45) is 0 Å². The number of nitrogens with zero attached hydrogens (tertiary/aromatic N) is 1. The summed E-state index contributed by atoms with van der Waals surface area (Å²) in [5, 5.41) is 1.80. The van der Waals surface area contributed by atoms with Gasteiger partial charge in [-0.3, -0.25) is 0 Å². The first-order valence-corrected chi connectivity index (χ1v) is 10.3. The van der Waals surface area contributed by atoms with E-state index in [0.717, 1.165) is 32.2 Å². The van der Waals surface area contributed by atoms with E-state index in [1.54, 1.807) is 11.3 Å². The van der Waals surface area contributed by atoms with E-state index in [-0.39, 0.29) is 0 Å². The van der Waals surface area contributed by atoms with Crippen molar-refractivity contribution in [2.45, 2.75) is 0 Å². The highest BCUT2D eigenvalue weighted by Gasteiger charge is 2.08. The van der Waals surface area contributed by atoms with Crippen LogP contribution in [0.1, 0.15) is 0 Å². The number of benzene rings is 4. The van der Waals surface area contributed by atoms with Gasteiger partial charge in [0.25, 0.3) is 0 Å². The third-order valence-electron chi connectivity index (χ3n) is 4.76. The Labute approximate surface area is 172 Å². The smallest absolute Gasteiger partial charge is 0.124 e. The fourth-order valence-electron chi connectivity index (χ4n) is 3.37. The van der Waals surface area contributed by atoms with Crippen molar-refractivity contribution < 1.29 is 0 Å². The molecule has 1 nitrogen and oxygen atoms in total. The van der Waals surface area contributed by atoms with Crippen LogP contribution in [0.2, 0.25) is 5.02 Å². The second-order valence-corrected chi connectivity index (χ2v) is 8.13. The summed E-state index contributed by atoms with van der Waals surface area (Å²) in [4.78, 5) is 4.80. The average Bonchev–Trinajstić information content (AvgIpc) is 3.18. The van der Waals surface area contributed by atoms with Gasteiger partial charge in [-0.2, -0.15) is 0 Å². The molecule has 1 heterocycles. The predicted molar refractivity (Wildman–Crippen MR) is 121 cm³/mol. The fraction of sp³-hybridized carbons (Fsp3) is 0. The summed E-state index contributed by atoms with van der Waals surface area (Å²) in [6, 6.07) is 33.4. The molecule has 134 valence electrons. The van der Waals surface area contributed by atoms with Gasteiger partial charge in [-0.15, -0.1) is 11.3 Å². The van der Waals surface area contributed by atoms with Crippen LogP contribution in [0.25, 0.3) is 43.0 Å². The van der Waals surface area contributed by atoms with Crippen LogP contribution in [0.5, 0.6) is 0 Å². The van der Waals surface area contributed by atoms with Crippen LogP contribution < -0.4 is 0 Å². The standard InChI is InChI=1S/C25H16ClNS/c26-22-11-5-9-20(16-22)18-7-3-6-17(14-18)19-8-4-10-21(15-19)25-27-23-12-1-2-13-24(23)28-25/h1-16H. The average molecular weight is 398 g/mol. The zero-order valence-electron chi connectivity index (χ0n) is 15.0. The van der Waals surface area contributed by atoms with E-state index in [9.17, 15) is 0 Å². The first-order chi connectivity index (χ1) is 13.8. The van der Waals surface area contributed by atoms with Crippen molar-refractivity contribution in [3.8, 4) is 32.8 Å². The van der Waals surface area contributed by atoms with Crippen molar-refractivity contribution in [3.05, 3.63) is 102 Å². The maximum absolute atomic E-state index is 6.17. The fourth-order valence-corrected chi connectivity index (χ4v) is 4.53. The Bertz CT molecular complexity index is 1260. The molecule has 5 rings (SSSR count). The van der Waals surface area contributed by atoms with Crippen molar-refractivity contribution in [2.75, 3.05) is 0 Å². The topological polar surface area (TPSA) is 12.9 Å². The summed E-state index contributed by atoms with van der Waals surface area (Å²) in [5.74, 6) is 0. The van der Waals surface area contributed by atoms with Crippen molar-refractivity contribution >= 4 is 33.2 Å². The molecule has 0 radical (unpaired) electrons. The molecular weight excluding hydrogens is 382 g/mol. The van der Waals surface area contributed by atoms with Gasteiger partial charge in [-0.1, -0.05) is 72.3 Å². The molecule has 0 aliphatic rings.